The number of aromatic nitrogens is 4. The lowest BCUT2D eigenvalue weighted by Crippen LogP contribution is -2.70. The van der Waals surface area contributed by atoms with E-state index in [1.54, 1.807) is 45.0 Å². The van der Waals surface area contributed by atoms with E-state index < -0.39 is 56.6 Å². The van der Waals surface area contributed by atoms with Crippen LogP contribution in [0.3, 0.4) is 0 Å². The van der Waals surface area contributed by atoms with Gasteiger partial charge in [0.05, 0.1) is 17.8 Å². The van der Waals surface area contributed by atoms with Crippen LogP contribution in [-0.2, 0) is 40.2 Å². The molecular weight excluding hydrogens is 506 g/mol. The number of ether oxygens (including phenoxy) is 3. The first-order chi connectivity index (χ1) is 17.3. The molecule has 1 aromatic heterocycles. The van der Waals surface area contributed by atoms with E-state index in [-0.39, 0.29) is 18.1 Å². The Hall–Kier alpha value is -3.65. The van der Waals surface area contributed by atoms with Crippen molar-refractivity contribution in [2.45, 2.75) is 56.6 Å². The second kappa shape index (κ2) is 9.67. The minimum absolute atomic E-state index is 0.0287. The molecule has 1 saturated heterocycles. The van der Waals surface area contributed by atoms with Gasteiger partial charge in [0.1, 0.15) is 17.5 Å². The minimum Gasteiger partial charge on any atom is -0.464 e. The van der Waals surface area contributed by atoms with E-state index in [9.17, 15) is 22.8 Å². The fourth-order valence-corrected chi connectivity index (χ4v) is 5.96. The molecule has 2 aromatic rings. The molecule has 0 bridgehead atoms. The van der Waals surface area contributed by atoms with E-state index in [0.717, 1.165) is 10.5 Å². The monoisotopic (exact) mass is 533 g/mol. The number of amides is 1. The fraction of sp³-hybridized carbons (Fsp3) is 0.478. The summed E-state index contributed by atoms with van der Waals surface area (Å²) in [7, 11) is -2.71. The number of β-lactam (4-membered cyclic amide) rings is 1. The second-order valence-corrected chi connectivity index (χ2v) is 11.8. The van der Waals surface area contributed by atoms with Crippen molar-refractivity contribution in [2.75, 3.05) is 13.7 Å². The number of esters is 2. The number of benzene rings is 1. The number of nitrogens with zero attached hydrogens (tertiary/aromatic N) is 5. The Morgan fingerprint density at radius 1 is 1.14 bits per heavy atom. The number of rotatable bonds is 7. The quantitative estimate of drug-likeness (QED) is 0.361. The number of carbonyl (C=O) groups is 3. The van der Waals surface area contributed by atoms with Crippen LogP contribution in [-0.4, -0.2) is 87.4 Å². The number of hydrogen-bond donors (Lipinski definition) is 0. The Labute approximate surface area is 213 Å². The third-order valence-corrected chi connectivity index (χ3v) is 7.90. The lowest BCUT2D eigenvalue weighted by molar-refractivity contribution is -0.156. The summed E-state index contributed by atoms with van der Waals surface area (Å²) in [6.07, 6.45) is 0.0993. The number of hydrogen-bond acceptors (Lipinski definition) is 11. The predicted molar refractivity (Wildman–Crippen MR) is 127 cm³/mol. The van der Waals surface area contributed by atoms with E-state index in [1.807, 2.05) is 0 Å². The lowest BCUT2D eigenvalue weighted by Gasteiger charge is -2.48. The molecule has 37 heavy (non-hydrogen) atoms. The van der Waals surface area contributed by atoms with Crippen molar-refractivity contribution in [3.05, 3.63) is 47.3 Å². The van der Waals surface area contributed by atoms with Gasteiger partial charge in [-0.15, -0.1) is 10.2 Å². The number of methoxy groups -OCH3 is 1. The zero-order chi connectivity index (χ0) is 27.1. The standard InChI is InChI=1S/C23H27N5O8S/c1-13(29)35-12-16-10-17(28-20(30)18(34-5)21(28)37(16,32)33)19-24-26-27(25-19)11-14-6-8-15(9-7-14)22(31)36-23(2,3)4/h6-10,16,18,21H,11-12H2,1-5H3/t16?,18-,21+/m0/s1. The fourth-order valence-electron chi connectivity index (χ4n) is 3.94. The van der Waals surface area contributed by atoms with Crippen LogP contribution in [0, 0.1) is 0 Å². The van der Waals surface area contributed by atoms with E-state index >= 15 is 0 Å². The molecule has 1 amide bonds. The van der Waals surface area contributed by atoms with Crippen molar-refractivity contribution in [2.24, 2.45) is 0 Å². The number of carbonyl (C=O) groups excluding carboxylic acids is 3. The third-order valence-electron chi connectivity index (χ3n) is 5.66. The molecule has 0 radical (unpaired) electrons. The van der Waals surface area contributed by atoms with Crippen LogP contribution < -0.4 is 0 Å². The molecule has 2 aliphatic heterocycles. The summed E-state index contributed by atoms with van der Waals surface area (Å²) in [6, 6.07) is 6.71. The third kappa shape index (κ3) is 5.25. The highest BCUT2D eigenvalue weighted by Gasteiger charge is 2.61. The van der Waals surface area contributed by atoms with Gasteiger partial charge in [0.2, 0.25) is 5.82 Å². The van der Waals surface area contributed by atoms with Gasteiger partial charge in [0.25, 0.3) is 5.91 Å². The molecule has 0 aliphatic carbocycles. The first-order valence-corrected chi connectivity index (χ1v) is 13.0. The normalized spacial score (nSPS) is 22.5. The smallest absolute Gasteiger partial charge is 0.338 e. The van der Waals surface area contributed by atoms with Crippen LogP contribution in [0.15, 0.2) is 30.3 Å². The maximum atomic E-state index is 13.1. The summed E-state index contributed by atoms with van der Waals surface area (Å²) in [5.41, 5.74) is 0.693. The van der Waals surface area contributed by atoms with Gasteiger partial charge in [-0.3, -0.25) is 14.5 Å². The van der Waals surface area contributed by atoms with E-state index in [4.69, 9.17) is 14.2 Å². The number of fused-ring (bicyclic) bond motifs is 1. The zero-order valence-electron chi connectivity index (χ0n) is 20.9. The largest absolute Gasteiger partial charge is 0.464 e. The average molecular weight is 534 g/mol. The Balaban J connectivity index is 1.56. The Bertz CT molecular complexity index is 1360. The first-order valence-electron chi connectivity index (χ1n) is 11.4. The molecule has 198 valence electrons. The van der Waals surface area contributed by atoms with Crippen molar-refractivity contribution in [1.29, 1.82) is 0 Å². The van der Waals surface area contributed by atoms with Gasteiger partial charge in [-0.1, -0.05) is 12.1 Å². The summed E-state index contributed by atoms with van der Waals surface area (Å²) in [4.78, 5) is 38.5. The molecule has 14 heteroatoms. The van der Waals surface area contributed by atoms with Crippen molar-refractivity contribution >= 4 is 33.4 Å². The molecule has 0 N–H and O–H groups in total. The molecule has 1 unspecified atom stereocenters. The SMILES string of the molecule is CO[C@H]1C(=O)N2C(c3nnn(Cc4ccc(C(=O)OC(C)(C)C)cc4)n3)=CC(COC(C)=O)S(=O)(=O)[C@H]12. The first kappa shape index (κ1) is 26.4. The highest BCUT2D eigenvalue weighted by atomic mass is 32.2. The maximum Gasteiger partial charge on any atom is 0.338 e. The van der Waals surface area contributed by atoms with Crippen molar-refractivity contribution < 1.29 is 37.0 Å². The highest BCUT2D eigenvalue weighted by molar-refractivity contribution is 7.93. The van der Waals surface area contributed by atoms with Crippen molar-refractivity contribution in [1.82, 2.24) is 25.1 Å². The Morgan fingerprint density at radius 2 is 1.81 bits per heavy atom. The molecule has 13 nitrogen and oxygen atoms in total. The van der Waals surface area contributed by atoms with Crippen LogP contribution in [0.1, 0.15) is 49.4 Å². The summed E-state index contributed by atoms with van der Waals surface area (Å²) in [5, 5.41) is 9.82. The molecule has 0 saturated carbocycles. The average Bonchev–Trinajstić information content (AvgIpc) is 3.26. The van der Waals surface area contributed by atoms with Crippen LogP contribution in [0.5, 0.6) is 0 Å². The molecule has 2 aliphatic rings. The van der Waals surface area contributed by atoms with Crippen LogP contribution in [0.4, 0.5) is 0 Å². The van der Waals surface area contributed by atoms with Crippen LogP contribution in [0.25, 0.3) is 5.70 Å². The molecular formula is C23H27N5O8S. The summed E-state index contributed by atoms with van der Waals surface area (Å²) < 4.78 is 41.5. The number of sulfone groups is 1. The van der Waals surface area contributed by atoms with Crippen molar-refractivity contribution in [3.8, 4) is 0 Å². The number of tetrazole rings is 1. The summed E-state index contributed by atoms with van der Waals surface area (Å²) in [6.45, 7) is 6.30. The minimum atomic E-state index is -3.95. The van der Waals surface area contributed by atoms with Crippen LogP contribution >= 0.6 is 0 Å². The maximum absolute atomic E-state index is 13.1. The Morgan fingerprint density at radius 3 is 2.41 bits per heavy atom. The molecule has 1 aromatic carbocycles. The van der Waals surface area contributed by atoms with Gasteiger partial charge in [0.15, 0.2) is 21.3 Å². The summed E-state index contributed by atoms with van der Waals surface area (Å²) >= 11 is 0. The second-order valence-electron chi connectivity index (χ2n) is 9.58. The van der Waals surface area contributed by atoms with Gasteiger partial charge < -0.3 is 14.2 Å². The van der Waals surface area contributed by atoms with Gasteiger partial charge in [-0.2, -0.15) is 4.80 Å². The van der Waals surface area contributed by atoms with E-state index in [1.165, 1.54) is 24.9 Å². The molecule has 3 atom stereocenters. The summed E-state index contributed by atoms with van der Waals surface area (Å²) in [5.74, 6) is -1.60. The lowest BCUT2D eigenvalue weighted by atomic mass is 10.1. The highest BCUT2D eigenvalue weighted by Crippen LogP contribution is 2.40. The van der Waals surface area contributed by atoms with Crippen molar-refractivity contribution in [3.63, 3.8) is 0 Å². The van der Waals surface area contributed by atoms with Gasteiger partial charge in [0, 0.05) is 14.0 Å². The molecule has 1 fully saturated rings. The van der Waals surface area contributed by atoms with Gasteiger partial charge in [-0.25, -0.2) is 13.2 Å². The zero-order valence-corrected chi connectivity index (χ0v) is 21.8. The predicted octanol–water partition coefficient (Wildman–Crippen LogP) is 0.561. The van der Waals surface area contributed by atoms with Crippen LogP contribution in [0.2, 0.25) is 0 Å². The molecule has 4 rings (SSSR count). The van der Waals surface area contributed by atoms with E-state index in [0.29, 0.717) is 5.56 Å². The topological polar surface area (TPSA) is 160 Å². The van der Waals surface area contributed by atoms with Gasteiger partial charge >= 0.3 is 11.9 Å². The van der Waals surface area contributed by atoms with Gasteiger partial charge in [-0.05, 0) is 49.8 Å². The van der Waals surface area contributed by atoms with E-state index in [2.05, 4.69) is 15.4 Å². The molecule has 3 heterocycles. The Kier molecular flexibility index (Phi) is 6.90. The molecule has 0 spiro atoms.